The van der Waals surface area contributed by atoms with Crippen molar-refractivity contribution in [3.63, 3.8) is 0 Å². The maximum absolute atomic E-state index is 6.02. The lowest BCUT2D eigenvalue weighted by Gasteiger charge is -2.10. The number of benzene rings is 1. The number of ether oxygens (including phenoxy) is 1. The van der Waals surface area contributed by atoms with Crippen LogP contribution >= 0.6 is 11.6 Å². The quantitative estimate of drug-likeness (QED) is 0.671. The molecule has 0 aliphatic rings. The zero-order valence-corrected chi connectivity index (χ0v) is 8.64. The first kappa shape index (κ1) is 10.1. The van der Waals surface area contributed by atoms with Gasteiger partial charge in [0.25, 0.3) is 0 Å². The second-order valence-electron chi connectivity index (χ2n) is 2.91. The fourth-order valence-electron chi connectivity index (χ4n) is 1.12. The molecule has 0 spiro atoms. The van der Waals surface area contributed by atoms with E-state index in [-0.39, 0.29) is 5.92 Å². The van der Waals surface area contributed by atoms with Gasteiger partial charge in [0, 0.05) is 10.9 Å². The zero-order chi connectivity index (χ0) is 9.84. The highest BCUT2D eigenvalue weighted by atomic mass is 35.5. The number of methoxy groups -OCH3 is 1. The molecule has 1 aromatic carbocycles. The molecule has 0 N–H and O–H groups in total. The van der Waals surface area contributed by atoms with Crippen LogP contribution in [0.4, 0.5) is 0 Å². The van der Waals surface area contributed by atoms with E-state index in [1.165, 1.54) is 0 Å². The lowest BCUT2D eigenvalue weighted by Crippen LogP contribution is -1.92. The number of halogens is 1. The van der Waals surface area contributed by atoms with Crippen molar-refractivity contribution < 1.29 is 4.74 Å². The maximum atomic E-state index is 6.02. The third-order valence-corrected chi connectivity index (χ3v) is 2.39. The van der Waals surface area contributed by atoms with Crippen LogP contribution < -0.4 is 4.74 Å². The molecule has 1 atom stereocenters. The molecule has 0 amide bonds. The Morgan fingerprint density at radius 1 is 1.54 bits per heavy atom. The van der Waals surface area contributed by atoms with Gasteiger partial charge in [-0.15, -0.1) is 6.58 Å². The van der Waals surface area contributed by atoms with Gasteiger partial charge < -0.3 is 4.74 Å². The topological polar surface area (TPSA) is 9.23 Å². The first-order chi connectivity index (χ1) is 6.19. The Morgan fingerprint density at radius 3 is 2.77 bits per heavy atom. The number of hydrogen-bond donors (Lipinski definition) is 0. The molecule has 1 unspecified atom stereocenters. The van der Waals surface area contributed by atoms with E-state index in [0.29, 0.717) is 0 Å². The van der Waals surface area contributed by atoms with E-state index in [4.69, 9.17) is 16.3 Å². The molecule has 1 nitrogen and oxygen atoms in total. The van der Waals surface area contributed by atoms with E-state index >= 15 is 0 Å². The van der Waals surface area contributed by atoms with Crippen LogP contribution in [0.3, 0.4) is 0 Å². The Hall–Kier alpha value is -0.950. The van der Waals surface area contributed by atoms with Crippen molar-refractivity contribution in [1.29, 1.82) is 0 Å². The van der Waals surface area contributed by atoms with Crippen LogP contribution in [0.1, 0.15) is 18.4 Å². The zero-order valence-electron chi connectivity index (χ0n) is 7.88. The molecule has 2 heteroatoms. The third kappa shape index (κ3) is 2.25. The molecule has 0 bridgehead atoms. The van der Waals surface area contributed by atoms with E-state index in [1.807, 2.05) is 31.2 Å². The average molecular weight is 197 g/mol. The van der Waals surface area contributed by atoms with E-state index in [9.17, 15) is 0 Å². The van der Waals surface area contributed by atoms with Gasteiger partial charge in [-0.25, -0.2) is 0 Å². The Kier molecular flexibility index (Phi) is 3.38. The van der Waals surface area contributed by atoms with Gasteiger partial charge in [-0.1, -0.05) is 24.6 Å². The van der Waals surface area contributed by atoms with Gasteiger partial charge in [-0.3, -0.25) is 0 Å². The molecule has 0 saturated heterocycles. The van der Waals surface area contributed by atoms with Gasteiger partial charge in [-0.05, 0) is 23.8 Å². The summed E-state index contributed by atoms with van der Waals surface area (Å²) in [6.07, 6.45) is 1.86. The summed E-state index contributed by atoms with van der Waals surface area (Å²) in [6, 6.07) is 5.63. The van der Waals surface area contributed by atoms with Crippen LogP contribution in [0, 0.1) is 0 Å². The molecule has 13 heavy (non-hydrogen) atoms. The van der Waals surface area contributed by atoms with E-state index in [0.717, 1.165) is 16.3 Å². The van der Waals surface area contributed by atoms with Crippen molar-refractivity contribution >= 4 is 11.6 Å². The monoisotopic (exact) mass is 196 g/mol. The number of hydrogen-bond acceptors (Lipinski definition) is 1. The first-order valence-electron chi connectivity index (χ1n) is 4.15. The predicted octanol–water partition coefficient (Wildman–Crippen LogP) is 3.64. The molecule has 70 valence electrons. The molecule has 0 fully saturated rings. The fourth-order valence-corrected chi connectivity index (χ4v) is 1.41. The highest BCUT2D eigenvalue weighted by Gasteiger charge is 2.07. The molecule has 0 aliphatic carbocycles. The lowest BCUT2D eigenvalue weighted by molar-refractivity contribution is 0.414. The SMILES string of the molecule is C=CC(C)c1cc(OC)ccc1Cl. The lowest BCUT2D eigenvalue weighted by atomic mass is 10.0. The highest BCUT2D eigenvalue weighted by molar-refractivity contribution is 6.31. The average Bonchev–Trinajstić information content (AvgIpc) is 2.17. The van der Waals surface area contributed by atoms with Crippen molar-refractivity contribution in [1.82, 2.24) is 0 Å². The summed E-state index contributed by atoms with van der Waals surface area (Å²) in [7, 11) is 1.64. The molecule has 0 aliphatic heterocycles. The predicted molar refractivity (Wildman–Crippen MR) is 56.6 cm³/mol. The van der Waals surface area contributed by atoms with Crippen LogP contribution in [-0.2, 0) is 0 Å². The Labute approximate surface area is 84.0 Å². The van der Waals surface area contributed by atoms with E-state index < -0.39 is 0 Å². The summed E-state index contributed by atoms with van der Waals surface area (Å²) >= 11 is 6.02. The van der Waals surface area contributed by atoms with Crippen molar-refractivity contribution in [2.75, 3.05) is 7.11 Å². The van der Waals surface area contributed by atoms with Gasteiger partial charge in [-0.2, -0.15) is 0 Å². The van der Waals surface area contributed by atoms with E-state index in [2.05, 4.69) is 6.58 Å². The summed E-state index contributed by atoms with van der Waals surface area (Å²) in [6.45, 7) is 5.78. The molecular weight excluding hydrogens is 184 g/mol. The van der Waals surface area contributed by atoms with Gasteiger partial charge in [0.05, 0.1) is 7.11 Å². The Balaban J connectivity index is 3.10. The molecule has 0 radical (unpaired) electrons. The molecule has 0 saturated carbocycles. The summed E-state index contributed by atoms with van der Waals surface area (Å²) < 4.78 is 5.11. The molecule has 1 aromatic rings. The first-order valence-corrected chi connectivity index (χ1v) is 4.52. The number of allylic oxidation sites excluding steroid dienone is 1. The van der Waals surface area contributed by atoms with Gasteiger partial charge >= 0.3 is 0 Å². The highest BCUT2D eigenvalue weighted by Crippen LogP contribution is 2.28. The molecule has 0 heterocycles. The summed E-state index contributed by atoms with van der Waals surface area (Å²) in [5, 5.41) is 0.758. The Bertz CT molecular complexity index is 307. The van der Waals surface area contributed by atoms with Crippen molar-refractivity contribution in [2.45, 2.75) is 12.8 Å². The van der Waals surface area contributed by atoms with Gasteiger partial charge in [0.15, 0.2) is 0 Å². The summed E-state index contributed by atoms with van der Waals surface area (Å²) in [4.78, 5) is 0. The van der Waals surface area contributed by atoms with Gasteiger partial charge in [0.2, 0.25) is 0 Å². The number of rotatable bonds is 3. The smallest absolute Gasteiger partial charge is 0.119 e. The van der Waals surface area contributed by atoms with Crippen LogP contribution in [0.15, 0.2) is 30.9 Å². The van der Waals surface area contributed by atoms with Crippen molar-refractivity contribution in [3.05, 3.63) is 41.4 Å². The van der Waals surface area contributed by atoms with Crippen LogP contribution in [0.5, 0.6) is 5.75 Å². The second kappa shape index (κ2) is 4.33. The second-order valence-corrected chi connectivity index (χ2v) is 3.32. The standard InChI is InChI=1S/C11H13ClO/c1-4-8(2)10-7-9(13-3)5-6-11(10)12/h4-8H,1H2,2-3H3. The van der Waals surface area contributed by atoms with Crippen LogP contribution in [0.25, 0.3) is 0 Å². The minimum atomic E-state index is 0.252. The minimum Gasteiger partial charge on any atom is -0.497 e. The largest absolute Gasteiger partial charge is 0.497 e. The molecular formula is C11H13ClO. The normalized spacial score (nSPS) is 12.2. The van der Waals surface area contributed by atoms with Crippen LogP contribution in [-0.4, -0.2) is 7.11 Å². The minimum absolute atomic E-state index is 0.252. The van der Waals surface area contributed by atoms with Gasteiger partial charge in [0.1, 0.15) is 5.75 Å². The summed E-state index contributed by atoms with van der Waals surface area (Å²) in [5.41, 5.74) is 1.05. The maximum Gasteiger partial charge on any atom is 0.119 e. The Morgan fingerprint density at radius 2 is 2.23 bits per heavy atom. The summed E-state index contributed by atoms with van der Waals surface area (Å²) in [5.74, 6) is 1.08. The molecule has 0 aromatic heterocycles. The van der Waals surface area contributed by atoms with Crippen LogP contribution in [0.2, 0.25) is 5.02 Å². The third-order valence-electron chi connectivity index (χ3n) is 2.05. The fraction of sp³-hybridized carbons (Fsp3) is 0.273. The van der Waals surface area contributed by atoms with E-state index in [1.54, 1.807) is 7.11 Å². The van der Waals surface area contributed by atoms with Crippen molar-refractivity contribution in [2.24, 2.45) is 0 Å². The molecule has 1 rings (SSSR count). The van der Waals surface area contributed by atoms with Crippen molar-refractivity contribution in [3.8, 4) is 5.75 Å².